The van der Waals surface area contributed by atoms with Crippen LogP contribution in [0.2, 0.25) is 0 Å². The molecular formula is C63H45N. The maximum Gasteiger partial charge on any atom is 0.0540 e. The van der Waals surface area contributed by atoms with Crippen LogP contribution in [0.5, 0.6) is 0 Å². The minimum atomic E-state index is -0.156. The van der Waals surface area contributed by atoms with Gasteiger partial charge in [-0.3, -0.25) is 0 Å². The molecule has 0 bridgehead atoms. The van der Waals surface area contributed by atoms with Gasteiger partial charge in [-0.25, -0.2) is 0 Å². The van der Waals surface area contributed by atoms with Crippen LogP contribution in [0.1, 0.15) is 25.0 Å². The van der Waals surface area contributed by atoms with Crippen LogP contribution in [0.25, 0.3) is 88.0 Å². The monoisotopic (exact) mass is 815 g/mol. The van der Waals surface area contributed by atoms with Gasteiger partial charge in [-0.1, -0.05) is 220 Å². The summed E-state index contributed by atoms with van der Waals surface area (Å²) in [6.07, 6.45) is 0. The van der Waals surface area contributed by atoms with Gasteiger partial charge in [0.05, 0.1) is 5.69 Å². The molecule has 302 valence electrons. The Hall–Kier alpha value is -8.00. The molecule has 0 saturated heterocycles. The summed E-state index contributed by atoms with van der Waals surface area (Å²) in [5.41, 5.74) is 18.3. The molecule has 0 atom stereocenters. The molecule has 0 aliphatic heterocycles. The summed E-state index contributed by atoms with van der Waals surface area (Å²) in [4.78, 5) is 2.44. The fourth-order valence-electron chi connectivity index (χ4n) is 10.6. The lowest BCUT2D eigenvalue weighted by Crippen LogP contribution is -2.17. The summed E-state index contributed by atoms with van der Waals surface area (Å²) < 4.78 is 0. The van der Waals surface area contributed by atoms with E-state index in [0.29, 0.717) is 0 Å². The molecule has 64 heavy (non-hydrogen) atoms. The normalized spacial score (nSPS) is 12.7. The lowest BCUT2D eigenvalue weighted by atomic mass is 9.78. The van der Waals surface area contributed by atoms with E-state index in [1.54, 1.807) is 0 Å². The quantitative estimate of drug-likeness (QED) is 0.145. The van der Waals surface area contributed by atoms with Crippen molar-refractivity contribution in [2.24, 2.45) is 0 Å². The number of benzene rings is 11. The Morgan fingerprint density at radius 3 is 1.44 bits per heavy atom. The van der Waals surface area contributed by atoms with Crippen LogP contribution in [0.4, 0.5) is 17.1 Å². The number of hydrogen-bond donors (Lipinski definition) is 0. The first kappa shape index (κ1) is 37.7. The van der Waals surface area contributed by atoms with E-state index in [0.717, 1.165) is 17.1 Å². The van der Waals surface area contributed by atoms with Gasteiger partial charge in [0.15, 0.2) is 0 Å². The van der Waals surface area contributed by atoms with E-state index in [2.05, 4.69) is 255 Å². The molecule has 11 aromatic carbocycles. The molecule has 0 fully saturated rings. The highest BCUT2D eigenvalue weighted by molar-refractivity contribution is 6.12. The van der Waals surface area contributed by atoms with Crippen LogP contribution < -0.4 is 4.90 Å². The zero-order chi connectivity index (χ0) is 42.8. The van der Waals surface area contributed by atoms with Crippen molar-refractivity contribution in [3.8, 4) is 55.6 Å². The molecule has 0 spiro atoms. The minimum Gasteiger partial charge on any atom is -0.310 e. The molecule has 0 aromatic heterocycles. The lowest BCUT2D eigenvalue weighted by Gasteiger charge is -2.30. The fraction of sp³-hybridized carbons (Fsp3) is 0.0476. The Kier molecular flexibility index (Phi) is 8.91. The molecule has 0 heterocycles. The van der Waals surface area contributed by atoms with E-state index in [4.69, 9.17) is 0 Å². The van der Waals surface area contributed by atoms with E-state index in [1.165, 1.54) is 99.1 Å². The number of fused-ring (bicyclic) bond motifs is 7. The summed E-state index contributed by atoms with van der Waals surface area (Å²) in [7, 11) is 0. The van der Waals surface area contributed by atoms with Crippen molar-refractivity contribution >= 4 is 49.4 Å². The van der Waals surface area contributed by atoms with Crippen molar-refractivity contribution < 1.29 is 0 Å². The maximum absolute atomic E-state index is 2.44. The van der Waals surface area contributed by atoms with Crippen LogP contribution in [0.15, 0.2) is 237 Å². The Balaban J connectivity index is 0.970. The fourth-order valence-corrected chi connectivity index (χ4v) is 10.6. The molecule has 12 rings (SSSR count). The summed E-state index contributed by atoms with van der Waals surface area (Å²) >= 11 is 0. The molecule has 0 radical (unpaired) electrons. The van der Waals surface area contributed by atoms with Gasteiger partial charge >= 0.3 is 0 Å². The molecular weight excluding hydrogens is 771 g/mol. The Labute approximate surface area is 375 Å². The van der Waals surface area contributed by atoms with Gasteiger partial charge in [0.1, 0.15) is 0 Å². The second-order valence-electron chi connectivity index (χ2n) is 17.6. The van der Waals surface area contributed by atoms with Crippen LogP contribution in [0, 0.1) is 0 Å². The van der Waals surface area contributed by atoms with Crippen LogP contribution in [0.3, 0.4) is 0 Å². The van der Waals surface area contributed by atoms with Gasteiger partial charge < -0.3 is 4.90 Å². The standard InChI is InChI=1S/C63H45N/c1-63(2)60-26-9-7-19-56(60)58-24-13-25-59(62(58)63)57-20-8-10-27-61(57)64(49-39-34-47(35-40-49)53-22-12-23-54-52-18-6-4-15-45(52)36-41-55(53)54)48-37-32-43(33-38-48)42-28-30-46(31-29-42)51-21-11-16-44-14-3-5-17-50(44)51/h3-41H,1-2H3. The van der Waals surface area contributed by atoms with Crippen molar-refractivity contribution in [3.05, 3.63) is 248 Å². The molecule has 1 aliphatic carbocycles. The molecule has 1 nitrogen and oxygen atoms in total. The van der Waals surface area contributed by atoms with Gasteiger partial charge in [0, 0.05) is 22.4 Å². The average molecular weight is 816 g/mol. The topological polar surface area (TPSA) is 3.24 Å². The number of rotatable bonds is 7. The van der Waals surface area contributed by atoms with E-state index in [9.17, 15) is 0 Å². The van der Waals surface area contributed by atoms with E-state index < -0.39 is 0 Å². The van der Waals surface area contributed by atoms with Crippen LogP contribution in [-0.2, 0) is 5.41 Å². The summed E-state index contributed by atoms with van der Waals surface area (Å²) in [5.74, 6) is 0. The first-order valence-electron chi connectivity index (χ1n) is 22.3. The smallest absolute Gasteiger partial charge is 0.0540 e. The van der Waals surface area contributed by atoms with Crippen molar-refractivity contribution in [3.63, 3.8) is 0 Å². The second kappa shape index (κ2) is 15.1. The van der Waals surface area contributed by atoms with Gasteiger partial charge in [-0.15, -0.1) is 0 Å². The predicted octanol–water partition coefficient (Wildman–Crippen LogP) is 17.6. The second-order valence-corrected chi connectivity index (χ2v) is 17.6. The van der Waals surface area contributed by atoms with E-state index in [1.807, 2.05) is 0 Å². The van der Waals surface area contributed by atoms with Crippen molar-refractivity contribution in [2.45, 2.75) is 19.3 Å². The van der Waals surface area contributed by atoms with E-state index in [-0.39, 0.29) is 5.41 Å². The van der Waals surface area contributed by atoms with Gasteiger partial charge in [-0.2, -0.15) is 0 Å². The zero-order valence-electron chi connectivity index (χ0n) is 36.0. The number of anilines is 3. The third-order valence-electron chi connectivity index (χ3n) is 13.7. The third-order valence-corrected chi connectivity index (χ3v) is 13.7. The van der Waals surface area contributed by atoms with Crippen LogP contribution in [-0.4, -0.2) is 0 Å². The molecule has 0 saturated carbocycles. The molecule has 11 aromatic rings. The molecule has 0 N–H and O–H groups in total. The van der Waals surface area contributed by atoms with Gasteiger partial charge in [-0.05, 0) is 124 Å². The summed E-state index contributed by atoms with van der Waals surface area (Å²) in [5, 5.41) is 7.61. The summed E-state index contributed by atoms with van der Waals surface area (Å²) in [6.45, 7) is 4.76. The summed E-state index contributed by atoms with van der Waals surface area (Å²) in [6, 6.07) is 87.1. The Bertz CT molecular complexity index is 3550. The largest absolute Gasteiger partial charge is 0.310 e. The highest BCUT2D eigenvalue weighted by atomic mass is 15.1. The van der Waals surface area contributed by atoms with Gasteiger partial charge in [0.2, 0.25) is 0 Å². The first-order chi connectivity index (χ1) is 31.5. The molecule has 0 amide bonds. The SMILES string of the molecule is CC1(C)c2ccccc2-c2cccc(-c3ccccc3N(c3ccc(-c4ccc(-c5cccc6ccccc56)cc4)cc3)c3ccc(-c4cccc5c4ccc4ccccc45)cc3)c21. The third kappa shape index (κ3) is 6.15. The highest BCUT2D eigenvalue weighted by Crippen LogP contribution is 2.54. The number of hydrogen-bond acceptors (Lipinski definition) is 1. The Morgan fingerprint density at radius 2 is 0.719 bits per heavy atom. The van der Waals surface area contributed by atoms with E-state index >= 15 is 0 Å². The molecule has 1 aliphatic rings. The Morgan fingerprint density at radius 1 is 0.281 bits per heavy atom. The molecule has 0 unspecified atom stereocenters. The maximum atomic E-state index is 2.44. The van der Waals surface area contributed by atoms with Gasteiger partial charge in [0.25, 0.3) is 0 Å². The highest BCUT2D eigenvalue weighted by Gasteiger charge is 2.37. The number of para-hydroxylation sites is 1. The molecule has 1 heteroatoms. The predicted molar refractivity (Wildman–Crippen MR) is 273 cm³/mol. The van der Waals surface area contributed by atoms with Crippen molar-refractivity contribution in [2.75, 3.05) is 4.90 Å². The average Bonchev–Trinajstić information content (AvgIpc) is 3.60. The van der Waals surface area contributed by atoms with Crippen LogP contribution >= 0.6 is 0 Å². The van der Waals surface area contributed by atoms with Crippen molar-refractivity contribution in [1.82, 2.24) is 0 Å². The zero-order valence-corrected chi connectivity index (χ0v) is 36.0. The minimum absolute atomic E-state index is 0.156. The lowest BCUT2D eigenvalue weighted by molar-refractivity contribution is 0.662. The first-order valence-corrected chi connectivity index (χ1v) is 22.3. The number of nitrogens with zero attached hydrogens (tertiary/aromatic N) is 1. The van der Waals surface area contributed by atoms with Crippen molar-refractivity contribution in [1.29, 1.82) is 0 Å².